The van der Waals surface area contributed by atoms with Crippen molar-refractivity contribution in [3.8, 4) is 0 Å². The molecule has 24 heavy (non-hydrogen) atoms. The van der Waals surface area contributed by atoms with E-state index in [0.29, 0.717) is 37.9 Å². The standard InChI is InChI=1S/C18H23BrFNO3/c1-16(2,3)24-15(22)21-10-17(11-21)8-18(23,9-17)7-12-6-13(19)4-5-14(12)20/h4-6,23H,7-11H2,1-3H3. The first kappa shape index (κ1) is 17.7. The second-order valence-electron chi connectivity index (χ2n) is 8.33. The smallest absolute Gasteiger partial charge is 0.410 e. The van der Waals surface area contributed by atoms with Crippen LogP contribution in [0.3, 0.4) is 0 Å². The van der Waals surface area contributed by atoms with E-state index in [1.165, 1.54) is 6.07 Å². The highest BCUT2D eigenvalue weighted by atomic mass is 79.9. The number of hydrogen-bond donors (Lipinski definition) is 1. The van der Waals surface area contributed by atoms with Crippen LogP contribution in [0, 0.1) is 11.2 Å². The number of carbonyl (C=O) groups is 1. The second-order valence-corrected chi connectivity index (χ2v) is 9.24. The molecule has 0 radical (unpaired) electrons. The summed E-state index contributed by atoms with van der Waals surface area (Å²) in [6, 6.07) is 4.77. The van der Waals surface area contributed by atoms with E-state index in [0.717, 1.165) is 4.47 Å². The zero-order valence-corrected chi connectivity index (χ0v) is 15.8. The van der Waals surface area contributed by atoms with Crippen molar-refractivity contribution in [3.05, 3.63) is 34.1 Å². The van der Waals surface area contributed by atoms with E-state index < -0.39 is 11.2 Å². The molecule has 4 nitrogen and oxygen atoms in total. The van der Waals surface area contributed by atoms with E-state index in [9.17, 15) is 14.3 Å². The van der Waals surface area contributed by atoms with E-state index in [1.54, 1.807) is 17.0 Å². The van der Waals surface area contributed by atoms with Gasteiger partial charge in [0.25, 0.3) is 0 Å². The van der Waals surface area contributed by atoms with E-state index in [-0.39, 0.29) is 17.3 Å². The van der Waals surface area contributed by atoms with Gasteiger partial charge in [0, 0.05) is 29.4 Å². The lowest BCUT2D eigenvalue weighted by Gasteiger charge is -2.62. The van der Waals surface area contributed by atoms with Gasteiger partial charge in [-0.1, -0.05) is 15.9 Å². The lowest BCUT2D eigenvalue weighted by Crippen LogP contribution is -2.69. The van der Waals surface area contributed by atoms with Crippen molar-refractivity contribution in [3.63, 3.8) is 0 Å². The van der Waals surface area contributed by atoms with Crippen LogP contribution in [0.2, 0.25) is 0 Å². The zero-order chi connectivity index (χ0) is 17.8. The maximum Gasteiger partial charge on any atom is 0.410 e. The van der Waals surface area contributed by atoms with Gasteiger partial charge in [0.05, 0.1) is 5.60 Å². The van der Waals surface area contributed by atoms with Crippen molar-refractivity contribution in [2.75, 3.05) is 13.1 Å². The first-order chi connectivity index (χ1) is 11.0. The van der Waals surface area contributed by atoms with E-state index in [4.69, 9.17) is 4.74 Å². The fourth-order valence-electron chi connectivity index (χ4n) is 3.95. The van der Waals surface area contributed by atoms with Gasteiger partial charge in [0.1, 0.15) is 11.4 Å². The summed E-state index contributed by atoms with van der Waals surface area (Å²) in [5, 5.41) is 10.7. The molecule has 0 atom stereocenters. The van der Waals surface area contributed by atoms with Crippen LogP contribution in [0.15, 0.2) is 22.7 Å². The van der Waals surface area contributed by atoms with Crippen LogP contribution in [-0.2, 0) is 11.2 Å². The number of likely N-dealkylation sites (tertiary alicyclic amines) is 1. The maximum absolute atomic E-state index is 13.9. The molecule has 2 aliphatic rings. The molecule has 0 aromatic heterocycles. The molecule has 1 aliphatic heterocycles. The van der Waals surface area contributed by atoms with E-state index in [2.05, 4.69) is 15.9 Å². The summed E-state index contributed by atoms with van der Waals surface area (Å²) in [6.45, 7) is 6.73. The van der Waals surface area contributed by atoms with Crippen LogP contribution < -0.4 is 0 Å². The Labute approximate surface area is 150 Å². The number of amides is 1. The molecule has 0 unspecified atom stereocenters. The molecular weight excluding hydrogens is 377 g/mol. The molecule has 132 valence electrons. The highest BCUT2D eigenvalue weighted by Gasteiger charge is 2.60. The third-order valence-corrected chi connectivity index (χ3v) is 5.13. The number of nitrogens with zero attached hydrogens (tertiary/aromatic N) is 1. The van der Waals surface area contributed by atoms with Crippen molar-refractivity contribution in [2.24, 2.45) is 5.41 Å². The fraction of sp³-hybridized carbons (Fsp3) is 0.611. The number of carbonyl (C=O) groups excluding carboxylic acids is 1. The predicted octanol–water partition coefficient (Wildman–Crippen LogP) is 3.89. The van der Waals surface area contributed by atoms with Crippen molar-refractivity contribution >= 4 is 22.0 Å². The highest BCUT2D eigenvalue weighted by Crippen LogP contribution is 2.55. The van der Waals surface area contributed by atoms with Crippen LogP contribution >= 0.6 is 15.9 Å². The summed E-state index contributed by atoms with van der Waals surface area (Å²) < 4.78 is 20.0. The summed E-state index contributed by atoms with van der Waals surface area (Å²) >= 11 is 3.33. The van der Waals surface area contributed by atoms with Crippen molar-refractivity contribution < 1.29 is 19.0 Å². The minimum absolute atomic E-state index is 0.0336. The number of rotatable bonds is 2. The van der Waals surface area contributed by atoms with Crippen molar-refractivity contribution in [2.45, 2.75) is 51.2 Å². The van der Waals surface area contributed by atoms with Crippen LogP contribution in [-0.4, -0.2) is 40.4 Å². The summed E-state index contributed by atoms with van der Waals surface area (Å²) in [7, 11) is 0. The van der Waals surface area contributed by atoms with E-state index >= 15 is 0 Å². The molecule has 1 N–H and O–H groups in total. The molecule has 1 spiro atoms. The second kappa shape index (κ2) is 5.70. The van der Waals surface area contributed by atoms with Gasteiger partial charge in [-0.25, -0.2) is 9.18 Å². The molecule has 1 amide bonds. The number of halogens is 2. The summed E-state index contributed by atoms with van der Waals surface area (Å²) in [5.41, 5.74) is -0.904. The quantitative estimate of drug-likeness (QED) is 0.820. The molecule has 1 aliphatic carbocycles. The molecular formula is C18H23BrFNO3. The molecule has 3 rings (SSSR count). The number of aliphatic hydroxyl groups is 1. The lowest BCUT2D eigenvalue weighted by molar-refractivity contribution is -0.184. The van der Waals surface area contributed by atoms with Gasteiger partial charge in [-0.2, -0.15) is 0 Å². The molecule has 1 saturated heterocycles. The Balaban J connectivity index is 1.54. The van der Waals surface area contributed by atoms with Crippen molar-refractivity contribution in [1.82, 2.24) is 4.90 Å². The van der Waals surface area contributed by atoms with Crippen LogP contribution in [0.25, 0.3) is 0 Å². The largest absolute Gasteiger partial charge is 0.444 e. The van der Waals surface area contributed by atoms with Gasteiger partial charge >= 0.3 is 6.09 Å². The lowest BCUT2D eigenvalue weighted by atomic mass is 9.54. The minimum atomic E-state index is -0.887. The topological polar surface area (TPSA) is 49.8 Å². The number of hydrogen-bond acceptors (Lipinski definition) is 3. The molecule has 1 aromatic rings. The third-order valence-electron chi connectivity index (χ3n) is 4.64. The monoisotopic (exact) mass is 399 g/mol. The summed E-state index contributed by atoms with van der Waals surface area (Å²) in [6.07, 6.45) is 1.17. The average molecular weight is 400 g/mol. The Hall–Kier alpha value is -1.14. The van der Waals surface area contributed by atoms with Gasteiger partial charge in [-0.05, 0) is 57.4 Å². The van der Waals surface area contributed by atoms with Gasteiger partial charge in [-0.3, -0.25) is 0 Å². The van der Waals surface area contributed by atoms with E-state index in [1.807, 2.05) is 20.8 Å². The summed E-state index contributed by atoms with van der Waals surface area (Å²) in [4.78, 5) is 13.7. The Kier molecular flexibility index (Phi) is 4.20. The zero-order valence-electron chi connectivity index (χ0n) is 14.2. The molecule has 0 bridgehead atoms. The molecule has 1 aromatic carbocycles. The molecule has 1 saturated carbocycles. The first-order valence-corrected chi connectivity index (χ1v) is 8.93. The first-order valence-electron chi connectivity index (χ1n) is 8.14. The van der Waals surface area contributed by atoms with Gasteiger partial charge in [0.15, 0.2) is 0 Å². The van der Waals surface area contributed by atoms with Gasteiger partial charge in [-0.15, -0.1) is 0 Å². The van der Waals surface area contributed by atoms with Gasteiger partial charge < -0.3 is 14.7 Å². The molecule has 1 heterocycles. The number of benzene rings is 1. The van der Waals surface area contributed by atoms with Crippen LogP contribution in [0.4, 0.5) is 9.18 Å². The Morgan fingerprint density at radius 3 is 2.58 bits per heavy atom. The SMILES string of the molecule is CC(C)(C)OC(=O)N1CC2(C1)CC(O)(Cc1cc(Br)ccc1F)C2. The minimum Gasteiger partial charge on any atom is -0.444 e. The Bertz CT molecular complexity index is 657. The maximum atomic E-state index is 13.9. The summed E-state index contributed by atoms with van der Waals surface area (Å²) in [5.74, 6) is -0.295. The Morgan fingerprint density at radius 1 is 1.38 bits per heavy atom. The Morgan fingerprint density at radius 2 is 2.00 bits per heavy atom. The predicted molar refractivity (Wildman–Crippen MR) is 92.2 cm³/mol. The van der Waals surface area contributed by atoms with Crippen LogP contribution in [0.1, 0.15) is 39.2 Å². The van der Waals surface area contributed by atoms with Crippen LogP contribution in [0.5, 0.6) is 0 Å². The molecule has 2 fully saturated rings. The van der Waals surface area contributed by atoms with Crippen molar-refractivity contribution in [1.29, 1.82) is 0 Å². The normalized spacial score (nSPS) is 21.2. The fourth-order valence-corrected chi connectivity index (χ4v) is 4.35. The molecule has 6 heteroatoms. The van der Waals surface area contributed by atoms with Gasteiger partial charge in [0.2, 0.25) is 0 Å². The number of ether oxygens (including phenoxy) is 1. The average Bonchev–Trinajstić information content (AvgIpc) is 2.35. The highest BCUT2D eigenvalue weighted by molar-refractivity contribution is 9.10. The third kappa shape index (κ3) is 3.59.